The van der Waals surface area contributed by atoms with Crippen LogP contribution < -0.4 is 5.73 Å². The van der Waals surface area contributed by atoms with Crippen molar-refractivity contribution in [2.24, 2.45) is 5.73 Å². The molecule has 0 bridgehead atoms. The zero-order chi connectivity index (χ0) is 9.84. The number of aromatic nitrogens is 1. The van der Waals surface area contributed by atoms with Gasteiger partial charge in [-0.15, -0.1) is 0 Å². The van der Waals surface area contributed by atoms with Crippen LogP contribution in [0.25, 0.3) is 0 Å². The lowest BCUT2D eigenvalue weighted by Crippen LogP contribution is -2.25. The van der Waals surface area contributed by atoms with Crippen molar-refractivity contribution in [3.05, 3.63) is 17.5 Å². The fraction of sp³-hybridized carbons (Fsp3) is 0.667. The van der Waals surface area contributed by atoms with E-state index in [0.29, 0.717) is 12.6 Å². The lowest BCUT2D eigenvalue weighted by Gasteiger charge is -2.18. The first-order valence-electron chi connectivity index (χ1n) is 4.48. The SMILES string of the molecule is CC(C)N(C)Cc1cc(CN)no1. The molecule has 0 atom stereocenters. The minimum atomic E-state index is 0.439. The van der Waals surface area contributed by atoms with E-state index in [1.54, 1.807) is 0 Å². The third-order valence-electron chi connectivity index (χ3n) is 2.10. The van der Waals surface area contributed by atoms with Crippen LogP contribution in [-0.2, 0) is 13.1 Å². The fourth-order valence-electron chi connectivity index (χ4n) is 0.955. The Morgan fingerprint density at radius 1 is 1.62 bits per heavy atom. The lowest BCUT2D eigenvalue weighted by atomic mass is 10.3. The zero-order valence-corrected chi connectivity index (χ0v) is 8.45. The summed E-state index contributed by atoms with van der Waals surface area (Å²) in [5.41, 5.74) is 6.23. The van der Waals surface area contributed by atoms with Crippen LogP contribution in [0.4, 0.5) is 0 Å². The van der Waals surface area contributed by atoms with Gasteiger partial charge in [0, 0.05) is 18.7 Å². The van der Waals surface area contributed by atoms with Gasteiger partial charge in [-0.2, -0.15) is 0 Å². The summed E-state index contributed by atoms with van der Waals surface area (Å²) in [6.07, 6.45) is 0. The molecule has 0 fully saturated rings. The van der Waals surface area contributed by atoms with Gasteiger partial charge in [-0.3, -0.25) is 4.90 Å². The minimum Gasteiger partial charge on any atom is -0.360 e. The zero-order valence-electron chi connectivity index (χ0n) is 8.45. The van der Waals surface area contributed by atoms with Gasteiger partial charge in [0.05, 0.1) is 12.2 Å². The van der Waals surface area contributed by atoms with E-state index in [9.17, 15) is 0 Å². The molecule has 4 nitrogen and oxygen atoms in total. The molecule has 0 unspecified atom stereocenters. The Bertz CT molecular complexity index is 257. The van der Waals surface area contributed by atoms with Crippen LogP contribution in [0.3, 0.4) is 0 Å². The second-order valence-corrected chi connectivity index (χ2v) is 3.50. The summed E-state index contributed by atoms with van der Waals surface area (Å²) >= 11 is 0. The van der Waals surface area contributed by atoms with Gasteiger partial charge in [-0.1, -0.05) is 5.16 Å². The van der Waals surface area contributed by atoms with E-state index in [2.05, 4.69) is 31.0 Å². The third-order valence-corrected chi connectivity index (χ3v) is 2.10. The van der Waals surface area contributed by atoms with Crippen molar-refractivity contribution in [2.45, 2.75) is 33.0 Å². The molecule has 0 amide bonds. The third kappa shape index (κ3) is 2.82. The van der Waals surface area contributed by atoms with Crippen LogP contribution in [0.15, 0.2) is 10.6 Å². The van der Waals surface area contributed by atoms with Gasteiger partial charge in [-0.05, 0) is 20.9 Å². The molecule has 0 radical (unpaired) electrons. The molecule has 1 aromatic heterocycles. The van der Waals surface area contributed by atoms with Gasteiger partial charge in [-0.25, -0.2) is 0 Å². The van der Waals surface area contributed by atoms with Gasteiger partial charge in [0.15, 0.2) is 5.76 Å². The van der Waals surface area contributed by atoms with Gasteiger partial charge in [0.25, 0.3) is 0 Å². The molecule has 0 aliphatic rings. The van der Waals surface area contributed by atoms with E-state index in [1.807, 2.05) is 6.07 Å². The predicted octanol–water partition coefficient (Wildman–Crippen LogP) is 0.974. The number of rotatable bonds is 4. The second-order valence-electron chi connectivity index (χ2n) is 3.50. The average Bonchev–Trinajstić information content (AvgIpc) is 2.52. The molecule has 2 N–H and O–H groups in total. The molecule has 13 heavy (non-hydrogen) atoms. The van der Waals surface area contributed by atoms with Crippen LogP contribution in [0.2, 0.25) is 0 Å². The van der Waals surface area contributed by atoms with Gasteiger partial charge < -0.3 is 10.3 Å². The average molecular weight is 183 g/mol. The summed E-state index contributed by atoms with van der Waals surface area (Å²) in [7, 11) is 2.05. The number of nitrogens with zero attached hydrogens (tertiary/aromatic N) is 2. The first-order valence-corrected chi connectivity index (χ1v) is 4.48. The van der Waals surface area contributed by atoms with Crippen molar-refractivity contribution in [1.29, 1.82) is 0 Å². The van der Waals surface area contributed by atoms with Gasteiger partial charge in [0.1, 0.15) is 0 Å². The molecule has 1 heterocycles. The number of hydrogen-bond acceptors (Lipinski definition) is 4. The molecule has 4 heteroatoms. The standard InChI is InChI=1S/C9H17N3O/c1-7(2)12(3)6-9-4-8(5-10)11-13-9/h4,7H,5-6,10H2,1-3H3. The highest BCUT2D eigenvalue weighted by Gasteiger charge is 2.08. The van der Waals surface area contributed by atoms with Crippen molar-refractivity contribution in [3.8, 4) is 0 Å². The maximum atomic E-state index is 5.42. The van der Waals surface area contributed by atoms with Crippen molar-refractivity contribution in [1.82, 2.24) is 10.1 Å². The van der Waals surface area contributed by atoms with E-state index < -0.39 is 0 Å². The Labute approximate surface area is 78.7 Å². The number of nitrogens with two attached hydrogens (primary N) is 1. The molecule has 0 aliphatic heterocycles. The highest BCUT2D eigenvalue weighted by molar-refractivity contribution is 5.04. The Kier molecular flexibility index (Phi) is 3.45. The van der Waals surface area contributed by atoms with Crippen LogP contribution in [0.1, 0.15) is 25.3 Å². The Balaban J connectivity index is 2.53. The van der Waals surface area contributed by atoms with Crippen molar-refractivity contribution in [2.75, 3.05) is 7.05 Å². The molecular formula is C9H17N3O. The Morgan fingerprint density at radius 2 is 2.31 bits per heavy atom. The Morgan fingerprint density at radius 3 is 2.77 bits per heavy atom. The van der Waals surface area contributed by atoms with Crippen LogP contribution in [0.5, 0.6) is 0 Å². The maximum Gasteiger partial charge on any atom is 0.151 e. The predicted molar refractivity (Wildman–Crippen MR) is 51.0 cm³/mol. The van der Waals surface area contributed by atoms with Crippen molar-refractivity contribution in [3.63, 3.8) is 0 Å². The Hall–Kier alpha value is -0.870. The van der Waals surface area contributed by atoms with E-state index >= 15 is 0 Å². The van der Waals surface area contributed by atoms with E-state index in [-0.39, 0.29) is 0 Å². The molecule has 0 spiro atoms. The lowest BCUT2D eigenvalue weighted by molar-refractivity contribution is 0.230. The largest absolute Gasteiger partial charge is 0.360 e. The quantitative estimate of drug-likeness (QED) is 0.755. The minimum absolute atomic E-state index is 0.439. The topological polar surface area (TPSA) is 55.3 Å². The molecule has 0 saturated heterocycles. The molecule has 0 saturated carbocycles. The van der Waals surface area contributed by atoms with Gasteiger partial charge in [0.2, 0.25) is 0 Å². The van der Waals surface area contributed by atoms with Gasteiger partial charge >= 0.3 is 0 Å². The summed E-state index contributed by atoms with van der Waals surface area (Å²) in [6, 6.07) is 2.41. The van der Waals surface area contributed by atoms with Crippen LogP contribution in [-0.4, -0.2) is 23.1 Å². The van der Waals surface area contributed by atoms with E-state index in [1.165, 1.54) is 0 Å². The maximum absolute atomic E-state index is 5.42. The van der Waals surface area contributed by atoms with E-state index in [0.717, 1.165) is 18.0 Å². The first kappa shape index (κ1) is 10.2. The monoisotopic (exact) mass is 183 g/mol. The highest BCUT2D eigenvalue weighted by atomic mass is 16.5. The second kappa shape index (κ2) is 4.39. The summed E-state index contributed by atoms with van der Waals surface area (Å²) in [5, 5.41) is 3.82. The van der Waals surface area contributed by atoms with E-state index in [4.69, 9.17) is 10.3 Å². The summed E-state index contributed by atoms with van der Waals surface area (Å²) in [6.45, 7) is 5.50. The highest BCUT2D eigenvalue weighted by Crippen LogP contribution is 2.07. The van der Waals surface area contributed by atoms with Crippen LogP contribution in [0, 0.1) is 0 Å². The molecule has 0 aromatic carbocycles. The van der Waals surface area contributed by atoms with Crippen LogP contribution >= 0.6 is 0 Å². The molecule has 1 aromatic rings. The number of hydrogen-bond donors (Lipinski definition) is 1. The summed E-state index contributed by atoms with van der Waals surface area (Å²) < 4.78 is 5.10. The molecule has 74 valence electrons. The summed E-state index contributed by atoms with van der Waals surface area (Å²) in [5.74, 6) is 0.872. The summed E-state index contributed by atoms with van der Waals surface area (Å²) in [4.78, 5) is 2.18. The first-order chi connectivity index (χ1) is 6.13. The molecule has 0 aliphatic carbocycles. The molecular weight excluding hydrogens is 166 g/mol. The van der Waals surface area contributed by atoms with Crippen molar-refractivity contribution < 1.29 is 4.52 Å². The smallest absolute Gasteiger partial charge is 0.151 e. The van der Waals surface area contributed by atoms with Crippen molar-refractivity contribution >= 4 is 0 Å². The fourth-order valence-corrected chi connectivity index (χ4v) is 0.955. The molecule has 1 rings (SSSR count). The normalized spacial score (nSPS) is 11.5.